The second-order valence-corrected chi connectivity index (χ2v) is 6.13. The highest BCUT2D eigenvalue weighted by Gasteiger charge is 2.49. The van der Waals surface area contributed by atoms with Crippen LogP contribution in [-0.4, -0.2) is 29.4 Å². The number of phenols is 1. The van der Waals surface area contributed by atoms with Crippen LogP contribution in [0.2, 0.25) is 0 Å². The molecule has 0 bridgehead atoms. The fourth-order valence-corrected chi connectivity index (χ4v) is 4.14. The molecule has 0 saturated heterocycles. The number of aliphatic carboxylic acids is 1. The zero-order valence-corrected chi connectivity index (χ0v) is 11.8. The smallest absolute Gasteiger partial charge is 0.314 e. The van der Waals surface area contributed by atoms with E-state index in [0.717, 1.165) is 29.5 Å². The quantitative estimate of drug-likeness (QED) is 0.873. The predicted molar refractivity (Wildman–Crippen MR) is 74.3 cm³/mol. The normalized spacial score (nSPS) is 21.5. The van der Waals surface area contributed by atoms with Crippen molar-refractivity contribution in [1.29, 1.82) is 0 Å². The molecule has 0 atom stereocenters. The molecule has 0 radical (unpaired) electrons. The third-order valence-electron chi connectivity index (χ3n) is 5.12. The van der Waals surface area contributed by atoms with Gasteiger partial charge in [-0.15, -0.1) is 0 Å². The van der Waals surface area contributed by atoms with Gasteiger partial charge in [-0.3, -0.25) is 4.79 Å². The third kappa shape index (κ3) is 1.54. The van der Waals surface area contributed by atoms with Crippen molar-refractivity contribution in [1.82, 2.24) is 0 Å². The van der Waals surface area contributed by atoms with Crippen molar-refractivity contribution in [2.75, 3.05) is 13.2 Å². The van der Waals surface area contributed by atoms with Crippen LogP contribution >= 0.6 is 0 Å². The van der Waals surface area contributed by atoms with E-state index in [1.165, 1.54) is 0 Å². The van der Waals surface area contributed by atoms with Crippen LogP contribution in [-0.2, 0) is 23.1 Å². The minimum atomic E-state index is -0.875. The van der Waals surface area contributed by atoms with Crippen LogP contribution in [0.5, 0.6) is 17.2 Å². The molecule has 112 valence electrons. The third-order valence-corrected chi connectivity index (χ3v) is 5.12. The number of hydrogen-bond donors (Lipinski definition) is 2. The second-order valence-electron chi connectivity index (χ2n) is 6.13. The predicted octanol–water partition coefficient (Wildman–Crippen LogP) is 2.16. The van der Waals surface area contributed by atoms with Gasteiger partial charge in [-0.1, -0.05) is 12.8 Å². The van der Waals surface area contributed by atoms with Gasteiger partial charge < -0.3 is 19.7 Å². The number of benzene rings is 1. The van der Waals surface area contributed by atoms with Gasteiger partial charge in [0.1, 0.15) is 5.75 Å². The topological polar surface area (TPSA) is 76.0 Å². The van der Waals surface area contributed by atoms with Gasteiger partial charge in [0.05, 0.1) is 18.6 Å². The number of carbonyl (C=O) groups is 1. The van der Waals surface area contributed by atoms with Crippen molar-refractivity contribution in [2.45, 2.75) is 43.9 Å². The fourth-order valence-electron chi connectivity index (χ4n) is 4.14. The number of ether oxygens (including phenoxy) is 2. The van der Waals surface area contributed by atoms with Crippen LogP contribution in [0, 0.1) is 0 Å². The molecule has 1 fully saturated rings. The average Bonchev–Trinajstić information content (AvgIpc) is 3.20. The highest BCUT2D eigenvalue weighted by molar-refractivity contribution is 5.85. The standard InChI is InChI=1S/C16H18O5/c17-12-10-4-8-20-13(10)11(9-3-7-21-14(9)12)16(15(18)19)5-1-2-6-16/h17H,1-8H2,(H,18,19). The van der Waals surface area contributed by atoms with Crippen LogP contribution in [0.1, 0.15) is 42.4 Å². The lowest BCUT2D eigenvalue weighted by atomic mass is 9.74. The van der Waals surface area contributed by atoms with E-state index in [9.17, 15) is 15.0 Å². The number of aromatic hydroxyl groups is 1. The lowest BCUT2D eigenvalue weighted by molar-refractivity contribution is -0.143. The molecule has 1 aromatic carbocycles. The zero-order chi connectivity index (χ0) is 14.6. The molecule has 3 aliphatic rings. The van der Waals surface area contributed by atoms with Gasteiger partial charge >= 0.3 is 5.97 Å². The van der Waals surface area contributed by atoms with Crippen LogP contribution in [0.4, 0.5) is 0 Å². The van der Waals surface area contributed by atoms with Gasteiger partial charge in [-0.05, 0) is 12.8 Å². The number of carboxylic acid groups (broad SMARTS) is 1. The maximum Gasteiger partial charge on any atom is 0.314 e. The summed E-state index contributed by atoms with van der Waals surface area (Å²) in [6.07, 6.45) is 4.35. The van der Waals surface area contributed by atoms with Crippen molar-refractivity contribution in [3.63, 3.8) is 0 Å². The fraction of sp³-hybridized carbons (Fsp3) is 0.562. The molecule has 4 rings (SSSR count). The Bertz CT molecular complexity index is 593. The summed E-state index contributed by atoms with van der Waals surface area (Å²) in [7, 11) is 0. The van der Waals surface area contributed by atoms with Gasteiger partial charge in [-0.25, -0.2) is 0 Å². The summed E-state index contributed by atoms with van der Waals surface area (Å²) < 4.78 is 11.3. The second kappa shape index (κ2) is 4.29. The largest absolute Gasteiger partial charge is 0.504 e. The first-order valence-electron chi connectivity index (χ1n) is 7.55. The van der Waals surface area contributed by atoms with Crippen LogP contribution in [0.25, 0.3) is 0 Å². The Morgan fingerprint density at radius 2 is 1.62 bits per heavy atom. The van der Waals surface area contributed by atoms with Crippen molar-refractivity contribution in [2.24, 2.45) is 0 Å². The van der Waals surface area contributed by atoms with E-state index in [-0.39, 0.29) is 5.75 Å². The molecular formula is C16H18O5. The summed E-state index contributed by atoms with van der Waals surface area (Å²) in [6.45, 7) is 0.989. The molecule has 2 aliphatic heterocycles. The van der Waals surface area contributed by atoms with Gasteiger partial charge in [0.15, 0.2) is 11.5 Å². The lowest BCUT2D eigenvalue weighted by Crippen LogP contribution is -2.34. The molecule has 2 heterocycles. The van der Waals surface area contributed by atoms with E-state index < -0.39 is 11.4 Å². The SMILES string of the molecule is O=C(O)C1(c2c3c(c(O)c4c2OCC4)OCC3)CCCC1. The Balaban J connectivity index is 2.03. The summed E-state index contributed by atoms with van der Waals surface area (Å²) in [5.74, 6) is 0.470. The number of rotatable bonds is 2. The number of phenolic OH excluding ortho intramolecular Hbond substituents is 1. The molecule has 5 nitrogen and oxygen atoms in total. The molecule has 0 spiro atoms. The Hall–Kier alpha value is -1.91. The monoisotopic (exact) mass is 290 g/mol. The zero-order valence-electron chi connectivity index (χ0n) is 11.8. The molecular weight excluding hydrogens is 272 g/mol. The van der Waals surface area contributed by atoms with Crippen molar-refractivity contribution in [3.05, 3.63) is 16.7 Å². The van der Waals surface area contributed by atoms with Gasteiger partial charge in [0.25, 0.3) is 0 Å². The van der Waals surface area contributed by atoms with Crippen LogP contribution in [0.15, 0.2) is 0 Å². The molecule has 1 aromatic rings. The highest BCUT2D eigenvalue weighted by atomic mass is 16.5. The first kappa shape index (κ1) is 12.8. The van der Waals surface area contributed by atoms with E-state index in [4.69, 9.17) is 9.47 Å². The van der Waals surface area contributed by atoms with E-state index in [1.807, 2.05) is 0 Å². The number of hydrogen-bond acceptors (Lipinski definition) is 4. The maximum atomic E-state index is 12.0. The van der Waals surface area contributed by atoms with Gasteiger partial charge in [0, 0.05) is 29.5 Å². The Morgan fingerprint density at radius 1 is 1.00 bits per heavy atom. The minimum absolute atomic E-state index is 0.150. The summed E-state index contributed by atoms with van der Waals surface area (Å²) in [6, 6.07) is 0. The van der Waals surface area contributed by atoms with E-state index in [2.05, 4.69) is 0 Å². The van der Waals surface area contributed by atoms with Gasteiger partial charge in [0.2, 0.25) is 0 Å². The molecule has 2 N–H and O–H groups in total. The Labute approximate surface area is 122 Å². The van der Waals surface area contributed by atoms with Crippen LogP contribution in [0.3, 0.4) is 0 Å². The van der Waals surface area contributed by atoms with Crippen molar-refractivity contribution in [3.8, 4) is 17.2 Å². The van der Waals surface area contributed by atoms with Gasteiger partial charge in [-0.2, -0.15) is 0 Å². The van der Waals surface area contributed by atoms with Crippen molar-refractivity contribution < 1.29 is 24.5 Å². The Morgan fingerprint density at radius 3 is 2.29 bits per heavy atom. The van der Waals surface area contributed by atoms with E-state index >= 15 is 0 Å². The Kier molecular flexibility index (Phi) is 2.62. The minimum Gasteiger partial charge on any atom is -0.504 e. The molecule has 1 saturated carbocycles. The molecule has 0 unspecified atom stereocenters. The summed E-state index contributed by atoms with van der Waals surface area (Å²) >= 11 is 0. The number of carboxylic acids is 1. The molecule has 0 aromatic heterocycles. The first-order chi connectivity index (χ1) is 10.1. The summed E-state index contributed by atoms with van der Waals surface area (Å²) in [4.78, 5) is 12.0. The molecule has 5 heteroatoms. The molecule has 0 amide bonds. The lowest BCUT2D eigenvalue weighted by Gasteiger charge is -2.28. The van der Waals surface area contributed by atoms with E-state index in [0.29, 0.717) is 50.4 Å². The summed E-state index contributed by atoms with van der Waals surface area (Å²) in [5.41, 5.74) is 1.47. The maximum absolute atomic E-state index is 12.0. The van der Waals surface area contributed by atoms with Crippen molar-refractivity contribution >= 4 is 5.97 Å². The average molecular weight is 290 g/mol. The highest BCUT2D eigenvalue weighted by Crippen LogP contribution is 2.55. The molecule has 21 heavy (non-hydrogen) atoms. The van der Waals surface area contributed by atoms with E-state index in [1.54, 1.807) is 0 Å². The first-order valence-corrected chi connectivity index (χ1v) is 7.55. The summed E-state index contributed by atoms with van der Waals surface area (Å²) in [5, 5.41) is 20.3. The molecule has 1 aliphatic carbocycles. The number of fused-ring (bicyclic) bond motifs is 2. The van der Waals surface area contributed by atoms with Crippen LogP contribution < -0.4 is 9.47 Å².